The van der Waals surface area contributed by atoms with E-state index in [1.54, 1.807) is 0 Å². The maximum Gasteiger partial charge on any atom is 0.472 e. The minimum atomic E-state index is -4.40. The van der Waals surface area contributed by atoms with Gasteiger partial charge in [-0.1, -0.05) is 289 Å². The van der Waals surface area contributed by atoms with Crippen molar-refractivity contribution in [2.75, 3.05) is 47.5 Å². The van der Waals surface area contributed by atoms with Gasteiger partial charge in [0.05, 0.1) is 27.7 Å². The maximum atomic E-state index is 12.9. The molecule has 0 spiro atoms. The van der Waals surface area contributed by atoms with Gasteiger partial charge in [-0.3, -0.25) is 18.6 Å². The van der Waals surface area contributed by atoms with Gasteiger partial charge in [0, 0.05) is 12.8 Å². The third-order valence-electron chi connectivity index (χ3n) is 14.7. The summed E-state index contributed by atoms with van der Waals surface area (Å²) in [5.74, 6) is -0.803. The molecule has 0 aromatic carbocycles. The summed E-state index contributed by atoms with van der Waals surface area (Å²) in [5, 5.41) is 0. The average molecular weight is 1220 g/mol. The highest BCUT2D eigenvalue weighted by Gasteiger charge is 2.27. The van der Waals surface area contributed by atoms with Gasteiger partial charge in [0.2, 0.25) is 0 Å². The lowest BCUT2D eigenvalue weighted by molar-refractivity contribution is -0.870. The molecule has 0 rings (SSSR count). The molecule has 0 aliphatic carbocycles. The van der Waals surface area contributed by atoms with Crippen molar-refractivity contribution in [2.24, 2.45) is 0 Å². The van der Waals surface area contributed by atoms with Gasteiger partial charge >= 0.3 is 19.8 Å². The van der Waals surface area contributed by atoms with E-state index in [0.717, 1.165) is 109 Å². The van der Waals surface area contributed by atoms with E-state index >= 15 is 0 Å². The molecule has 2 unspecified atom stereocenters. The van der Waals surface area contributed by atoms with Crippen molar-refractivity contribution in [1.82, 2.24) is 0 Å². The quantitative estimate of drug-likeness (QED) is 0.0211. The number of ether oxygens (including phenoxy) is 2. The van der Waals surface area contributed by atoms with Crippen LogP contribution in [0.2, 0.25) is 0 Å². The molecule has 0 bridgehead atoms. The summed E-state index contributed by atoms with van der Waals surface area (Å²) in [6.07, 6.45) is 95.4. The zero-order chi connectivity index (χ0) is 62.6. The number of rotatable bonds is 63. The van der Waals surface area contributed by atoms with E-state index in [2.05, 4.69) is 148 Å². The molecule has 0 saturated heterocycles. The van der Waals surface area contributed by atoms with Crippen LogP contribution in [0.3, 0.4) is 0 Å². The molecule has 0 radical (unpaired) electrons. The van der Waals surface area contributed by atoms with Gasteiger partial charge in [0.25, 0.3) is 0 Å². The number of allylic oxidation sites excluding steroid dienone is 22. The zero-order valence-electron chi connectivity index (χ0n) is 56.0. The third-order valence-corrected chi connectivity index (χ3v) is 15.6. The number of hydrogen-bond acceptors (Lipinski definition) is 7. The van der Waals surface area contributed by atoms with Crippen molar-refractivity contribution in [3.8, 4) is 0 Å². The number of carbonyl (C=O) groups excluding carboxylic acids is 2. The van der Waals surface area contributed by atoms with Gasteiger partial charge in [-0.25, -0.2) is 4.57 Å². The molecule has 0 aromatic heterocycles. The van der Waals surface area contributed by atoms with Gasteiger partial charge in [0.15, 0.2) is 6.10 Å². The molecule has 0 aromatic rings. The Kier molecular flexibility index (Phi) is 62.7. The monoisotopic (exact) mass is 1220 g/mol. The van der Waals surface area contributed by atoms with Crippen molar-refractivity contribution < 1.29 is 42.1 Å². The minimum Gasteiger partial charge on any atom is -0.462 e. The standard InChI is InChI=1S/C76H130NO8P/c1-6-8-10-12-14-16-18-20-22-24-26-28-30-31-32-33-34-35-36-37-38-39-40-41-42-43-44-45-47-49-51-53-55-57-59-61-63-65-67-69-76(79)85-74(73-84-86(80,81)83-71-70-77(3,4)5)72-82-75(78)68-66-64-62-60-58-56-54-52-50-48-46-29-27-25-23-21-19-17-15-13-11-9-7-2/h8,10,14,16,19-22,25-28,31-32,34-35,37-38,40-41,43-44,74H,6-7,9,11-13,15,17-18,23-24,29-30,33,36,39,42,45-73H2,1-5H3/p+1/b10-8-,16-14-,21-19-,22-20-,27-25-,28-26-,32-31-,35-34-,38-37-,41-40-,44-43-. The number of carbonyl (C=O) groups is 2. The zero-order valence-corrected chi connectivity index (χ0v) is 56.9. The lowest BCUT2D eigenvalue weighted by Crippen LogP contribution is -2.37. The van der Waals surface area contributed by atoms with E-state index < -0.39 is 26.5 Å². The highest BCUT2D eigenvalue weighted by molar-refractivity contribution is 7.47. The molecule has 2 atom stereocenters. The number of nitrogens with zero attached hydrogens (tertiary/aromatic N) is 1. The van der Waals surface area contributed by atoms with E-state index in [4.69, 9.17) is 18.5 Å². The number of quaternary nitrogens is 1. The molecule has 492 valence electrons. The smallest absolute Gasteiger partial charge is 0.462 e. The molecule has 0 heterocycles. The van der Waals surface area contributed by atoms with Crippen LogP contribution in [0.4, 0.5) is 0 Å². The van der Waals surface area contributed by atoms with Crippen LogP contribution in [0.15, 0.2) is 134 Å². The van der Waals surface area contributed by atoms with Gasteiger partial charge in [-0.2, -0.15) is 0 Å². The highest BCUT2D eigenvalue weighted by atomic mass is 31.2. The molecule has 0 aliphatic heterocycles. The SMILES string of the molecule is CC/C=C\C/C=C\C/C=C\C/C=C\C/C=C\C/C=C\C/C=C\C/C=C\C/C=C\CCCCCCCCCCCCCC(=O)OC(COC(=O)CCCCCCCCCCCCC/C=C\C/C=C\CCCCCCC)COP(=O)(O)OCC[N+](C)(C)C. The molecular formula is C76H131NO8P+. The number of phosphoric ester groups is 1. The van der Waals surface area contributed by atoms with Crippen molar-refractivity contribution >= 4 is 19.8 Å². The number of hydrogen-bond donors (Lipinski definition) is 1. The van der Waals surface area contributed by atoms with E-state index in [1.807, 2.05) is 21.1 Å². The lowest BCUT2D eigenvalue weighted by Gasteiger charge is -2.24. The fraction of sp³-hybridized carbons (Fsp3) is 0.684. The van der Waals surface area contributed by atoms with E-state index in [9.17, 15) is 19.0 Å². The fourth-order valence-corrected chi connectivity index (χ4v) is 10.1. The first-order chi connectivity index (χ1) is 42.0. The first kappa shape index (κ1) is 82.1. The minimum absolute atomic E-state index is 0.0256. The molecule has 0 aliphatic rings. The summed E-state index contributed by atoms with van der Waals surface area (Å²) in [6.45, 7) is 4.31. The second-order valence-electron chi connectivity index (χ2n) is 24.2. The summed E-state index contributed by atoms with van der Waals surface area (Å²) < 4.78 is 34.7. The van der Waals surface area contributed by atoms with Crippen LogP contribution in [-0.4, -0.2) is 74.9 Å². The third kappa shape index (κ3) is 69.3. The Labute approximate surface area is 530 Å². The van der Waals surface area contributed by atoms with E-state index in [-0.39, 0.29) is 32.0 Å². The Morgan fingerprint density at radius 2 is 0.663 bits per heavy atom. The predicted molar refractivity (Wildman–Crippen MR) is 371 cm³/mol. The molecule has 1 N–H and O–H groups in total. The average Bonchev–Trinajstić information content (AvgIpc) is 3.56. The van der Waals surface area contributed by atoms with Crippen molar-refractivity contribution in [2.45, 2.75) is 290 Å². The number of phosphoric acid groups is 1. The highest BCUT2D eigenvalue weighted by Crippen LogP contribution is 2.43. The first-order valence-corrected chi connectivity index (χ1v) is 36.4. The van der Waals surface area contributed by atoms with Gasteiger partial charge in [0.1, 0.15) is 19.8 Å². The first-order valence-electron chi connectivity index (χ1n) is 34.9. The molecule has 9 nitrogen and oxygen atoms in total. The molecule has 10 heteroatoms. The largest absolute Gasteiger partial charge is 0.472 e. The second kappa shape index (κ2) is 65.6. The van der Waals surface area contributed by atoms with Crippen LogP contribution in [0.25, 0.3) is 0 Å². The Morgan fingerprint density at radius 3 is 0.988 bits per heavy atom. The van der Waals surface area contributed by atoms with E-state index in [0.29, 0.717) is 17.4 Å². The van der Waals surface area contributed by atoms with Crippen molar-refractivity contribution in [3.63, 3.8) is 0 Å². The second-order valence-corrected chi connectivity index (χ2v) is 25.6. The van der Waals surface area contributed by atoms with E-state index in [1.165, 1.54) is 141 Å². The maximum absolute atomic E-state index is 12.9. The number of likely N-dealkylation sites (N-methyl/N-ethyl adjacent to an activating group) is 1. The number of unbranched alkanes of at least 4 members (excludes halogenated alkanes) is 27. The Morgan fingerprint density at radius 1 is 0.372 bits per heavy atom. The van der Waals surface area contributed by atoms with Crippen LogP contribution < -0.4 is 0 Å². The normalized spacial score (nSPS) is 14.0. The van der Waals surface area contributed by atoms with Gasteiger partial charge < -0.3 is 18.9 Å². The van der Waals surface area contributed by atoms with Crippen LogP contribution in [-0.2, 0) is 32.7 Å². The molecule has 0 fully saturated rings. The lowest BCUT2D eigenvalue weighted by atomic mass is 10.0. The Balaban J connectivity index is 4.09. The molecule has 0 amide bonds. The van der Waals surface area contributed by atoms with Crippen LogP contribution in [0.1, 0.15) is 284 Å². The van der Waals surface area contributed by atoms with Crippen LogP contribution in [0, 0.1) is 0 Å². The summed E-state index contributed by atoms with van der Waals surface area (Å²) in [6, 6.07) is 0. The summed E-state index contributed by atoms with van der Waals surface area (Å²) in [7, 11) is 1.47. The summed E-state index contributed by atoms with van der Waals surface area (Å²) >= 11 is 0. The summed E-state index contributed by atoms with van der Waals surface area (Å²) in [5.41, 5.74) is 0. The van der Waals surface area contributed by atoms with Crippen molar-refractivity contribution in [3.05, 3.63) is 134 Å². The molecular weight excluding hydrogens is 1090 g/mol. The van der Waals surface area contributed by atoms with Crippen molar-refractivity contribution in [1.29, 1.82) is 0 Å². The van der Waals surface area contributed by atoms with Crippen LogP contribution in [0.5, 0.6) is 0 Å². The Bertz CT molecular complexity index is 1910. The van der Waals surface area contributed by atoms with Crippen LogP contribution >= 0.6 is 7.82 Å². The molecule has 86 heavy (non-hydrogen) atoms. The molecule has 0 saturated carbocycles. The number of esters is 2. The topological polar surface area (TPSA) is 108 Å². The summed E-state index contributed by atoms with van der Waals surface area (Å²) in [4.78, 5) is 35.9. The Hall–Kier alpha value is -3.85. The predicted octanol–water partition coefficient (Wildman–Crippen LogP) is 22.8. The van der Waals surface area contributed by atoms with Gasteiger partial charge in [-0.15, -0.1) is 0 Å². The van der Waals surface area contributed by atoms with Gasteiger partial charge in [-0.05, 0) is 116 Å². The fourth-order valence-electron chi connectivity index (χ4n) is 9.33.